The lowest BCUT2D eigenvalue weighted by molar-refractivity contribution is -0.145. The van der Waals surface area contributed by atoms with Crippen LogP contribution in [-0.4, -0.2) is 89.7 Å². The van der Waals surface area contributed by atoms with Gasteiger partial charge in [-0.15, -0.1) is 0 Å². The summed E-state index contributed by atoms with van der Waals surface area (Å²) in [6.07, 6.45) is 5.59. The lowest BCUT2D eigenvalue weighted by Crippen LogP contribution is -2.62. The molecule has 4 rings (SSSR count). The molecule has 0 saturated carbocycles. The van der Waals surface area contributed by atoms with Crippen molar-refractivity contribution in [2.45, 2.75) is 18.4 Å². The van der Waals surface area contributed by atoms with E-state index in [0.29, 0.717) is 32.8 Å². The summed E-state index contributed by atoms with van der Waals surface area (Å²) in [5.41, 5.74) is 0.0252. The van der Waals surface area contributed by atoms with E-state index < -0.39 is 5.60 Å². The second-order valence-electron chi connectivity index (χ2n) is 7.27. The van der Waals surface area contributed by atoms with Crippen LogP contribution in [0.25, 0.3) is 0 Å². The Balaban J connectivity index is 1.53. The van der Waals surface area contributed by atoms with Crippen LogP contribution >= 0.6 is 0 Å². The summed E-state index contributed by atoms with van der Waals surface area (Å²) in [5, 5.41) is 4.15. The smallest absolute Gasteiger partial charge is 0.320 e. The van der Waals surface area contributed by atoms with Gasteiger partial charge in [0.15, 0.2) is 0 Å². The number of hydrogen-bond acceptors (Lipinski definition) is 5. The number of likely N-dealkylation sites (tertiary alicyclic amines) is 1. The highest BCUT2D eigenvalue weighted by Gasteiger charge is 2.45. The van der Waals surface area contributed by atoms with Crippen molar-refractivity contribution in [3.05, 3.63) is 12.4 Å². The fraction of sp³-hybridized carbons (Fsp3) is 0.706. The number of amides is 3. The summed E-state index contributed by atoms with van der Waals surface area (Å²) >= 11 is 0. The van der Waals surface area contributed by atoms with Gasteiger partial charge in [0.25, 0.3) is 5.91 Å². The Hall–Kier alpha value is -2.13. The van der Waals surface area contributed by atoms with Crippen molar-refractivity contribution in [3.63, 3.8) is 0 Å². The third-order valence-electron chi connectivity index (χ3n) is 5.25. The molecule has 3 amide bonds. The quantitative estimate of drug-likeness (QED) is 0.705. The highest BCUT2D eigenvalue weighted by atomic mass is 16.6. The monoisotopic (exact) mass is 363 g/mol. The van der Waals surface area contributed by atoms with Gasteiger partial charge in [0.1, 0.15) is 12.2 Å². The summed E-state index contributed by atoms with van der Waals surface area (Å²) < 4.78 is 13.4. The fourth-order valence-electron chi connectivity index (χ4n) is 3.86. The van der Waals surface area contributed by atoms with Crippen LogP contribution in [0.1, 0.15) is 12.8 Å². The zero-order valence-electron chi connectivity index (χ0n) is 15.1. The van der Waals surface area contributed by atoms with Gasteiger partial charge >= 0.3 is 6.03 Å². The Morgan fingerprint density at radius 2 is 2.00 bits per heavy atom. The molecule has 3 fully saturated rings. The number of nitrogens with zero attached hydrogens (tertiary/aromatic N) is 5. The molecule has 0 aliphatic carbocycles. The number of ether oxygens (including phenoxy) is 2. The van der Waals surface area contributed by atoms with Gasteiger partial charge in [0, 0.05) is 32.9 Å². The molecule has 26 heavy (non-hydrogen) atoms. The first-order chi connectivity index (χ1) is 12.6. The number of rotatable bonds is 1. The van der Waals surface area contributed by atoms with Gasteiger partial charge in [-0.1, -0.05) is 0 Å². The molecule has 4 heterocycles. The largest absolute Gasteiger partial charge is 0.376 e. The summed E-state index contributed by atoms with van der Waals surface area (Å²) in [6.45, 7) is 3.75. The lowest BCUT2D eigenvalue weighted by Gasteiger charge is -2.42. The molecule has 3 aliphatic rings. The average molecular weight is 363 g/mol. The third-order valence-corrected chi connectivity index (χ3v) is 5.25. The number of hydrogen-bond donors (Lipinski definition) is 0. The van der Waals surface area contributed by atoms with E-state index in [0.717, 1.165) is 31.6 Å². The standard InChI is InChI=1S/C17H25N5O4/c1-19-9-14(8-18-19)22-12-17(26-10-15(22)23)11-21(6-7-25-13-17)16(24)20-4-2-3-5-20/h8-9H,2-7,10-13H2,1H3/t17-/m0/s1. The Labute approximate surface area is 152 Å². The van der Waals surface area contributed by atoms with Crippen molar-refractivity contribution in [2.24, 2.45) is 7.05 Å². The zero-order chi connectivity index (χ0) is 18.1. The van der Waals surface area contributed by atoms with Crippen molar-refractivity contribution in [3.8, 4) is 0 Å². The van der Waals surface area contributed by atoms with E-state index in [1.54, 1.807) is 15.8 Å². The highest BCUT2D eigenvalue weighted by Crippen LogP contribution is 2.27. The van der Waals surface area contributed by atoms with Crippen LogP contribution in [0.4, 0.5) is 10.5 Å². The van der Waals surface area contributed by atoms with Crippen LogP contribution in [0, 0.1) is 0 Å². The van der Waals surface area contributed by atoms with Gasteiger partial charge in [-0.3, -0.25) is 9.48 Å². The maximum Gasteiger partial charge on any atom is 0.320 e. The van der Waals surface area contributed by atoms with E-state index in [1.165, 1.54) is 0 Å². The molecule has 9 nitrogen and oxygen atoms in total. The molecule has 0 aromatic carbocycles. The first kappa shape index (κ1) is 17.3. The minimum absolute atomic E-state index is 0.0238. The Morgan fingerprint density at radius 1 is 1.19 bits per heavy atom. The normalized spacial score (nSPS) is 27.3. The van der Waals surface area contributed by atoms with Gasteiger partial charge in [0.2, 0.25) is 0 Å². The maximum absolute atomic E-state index is 12.8. The van der Waals surface area contributed by atoms with Crippen LogP contribution in [-0.2, 0) is 21.3 Å². The fourth-order valence-corrected chi connectivity index (χ4v) is 3.86. The molecule has 9 heteroatoms. The van der Waals surface area contributed by atoms with Crippen LogP contribution in [0.2, 0.25) is 0 Å². The predicted octanol–water partition coefficient (Wildman–Crippen LogP) is 0.0701. The van der Waals surface area contributed by atoms with Crippen molar-refractivity contribution < 1.29 is 19.1 Å². The Morgan fingerprint density at radius 3 is 2.73 bits per heavy atom. The first-order valence-electron chi connectivity index (χ1n) is 9.11. The number of carbonyl (C=O) groups excluding carboxylic acids is 2. The topological polar surface area (TPSA) is 80.1 Å². The minimum atomic E-state index is -0.713. The Bertz CT molecular complexity index is 686. The predicted molar refractivity (Wildman–Crippen MR) is 92.8 cm³/mol. The second kappa shape index (κ2) is 6.88. The highest BCUT2D eigenvalue weighted by molar-refractivity contribution is 5.95. The van der Waals surface area contributed by atoms with Gasteiger partial charge < -0.3 is 24.2 Å². The first-order valence-corrected chi connectivity index (χ1v) is 9.11. The van der Waals surface area contributed by atoms with Crippen molar-refractivity contribution >= 4 is 17.6 Å². The third kappa shape index (κ3) is 3.28. The molecule has 3 saturated heterocycles. The van der Waals surface area contributed by atoms with E-state index in [2.05, 4.69) is 5.10 Å². The van der Waals surface area contributed by atoms with Crippen molar-refractivity contribution in [1.29, 1.82) is 0 Å². The van der Waals surface area contributed by atoms with Gasteiger partial charge in [0.05, 0.1) is 38.2 Å². The molecule has 0 radical (unpaired) electrons. The van der Waals surface area contributed by atoms with E-state index >= 15 is 0 Å². The molecular weight excluding hydrogens is 338 g/mol. The molecule has 142 valence electrons. The minimum Gasteiger partial charge on any atom is -0.376 e. The molecule has 1 atom stereocenters. The summed E-state index contributed by atoms with van der Waals surface area (Å²) in [4.78, 5) is 30.6. The number of aryl methyl sites for hydroxylation is 1. The summed E-state index contributed by atoms with van der Waals surface area (Å²) in [6, 6.07) is 0.0424. The van der Waals surface area contributed by atoms with Gasteiger partial charge in [-0.05, 0) is 12.8 Å². The molecule has 1 aromatic rings. The number of carbonyl (C=O) groups is 2. The Kier molecular flexibility index (Phi) is 4.58. The number of urea groups is 1. The van der Waals surface area contributed by atoms with E-state index in [-0.39, 0.29) is 18.5 Å². The molecule has 1 aromatic heterocycles. The van der Waals surface area contributed by atoms with Crippen molar-refractivity contribution in [2.75, 3.05) is 57.4 Å². The van der Waals surface area contributed by atoms with Crippen LogP contribution in [0.15, 0.2) is 12.4 Å². The van der Waals surface area contributed by atoms with Crippen molar-refractivity contribution in [1.82, 2.24) is 19.6 Å². The van der Waals surface area contributed by atoms with Crippen LogP contribution in [0.3, 0.4) is 0 Å². The van der Waals surface area contributed by atoms with E-state index in [4.69, 9.17) is 9.47 Å². The number of anilines is 1. The van der Waals surface area contributed by atoms with E-state index in [1.807, 2.05) is 23.0 Å². The van der Waals surface area contributed by atoms with Crippen LogP contribution in [0.5, 0.6) is 0 Å². The molecular formula is C17H25N5O4. The number of morpholine rings is 1. The lowest BCUT2D eigenvalue weighted by atomic mass is 10.0. The van der Waals surface area contributed by atoms with Crippen LogP contribution < -0.4 is 4.90 Å². The second-order valence-corrected chi connectivity index (χ2v) is 7.27. The SMILES string of the molecule is Cn1cc(N2C[C@@]3(COCCN(C(=O)N4CCCC4)C3)OCC2=O)cn1. The summed E-state index contributed by atoms with van der Waals surface area (Å²) in [5.74, 6) is -0.106. The van der Waals surface area contributed by atoms with Gasteiger partial charge in [-0.25, -0.2) is 4.79 Å². The molecule has 3 aliphatic heterocycles. The number of aromatic nitrogens is 2. The average Bonchev–Trinajstić information content (AvgIpc) is 3.27. The zero-order valence-corrected chi connectivity index (χ0v) is 15.1. The summed E-state index contributed by atoms with van der Waals surface area (Å²) in [7, 11) is 1.81. The van der Waals surface area contributed by atoms with E-state index in [9.17, 15) is 9.59 Å². The maximum atomic E-state index is 12.8. The molecule has 0 N–H and O–H groups in total. The molecule has 1 spiro atoms. The molecule has 0 bridgehead atoms. The molecule has 0 unspecified atom stereocenters. The van der Waals surface area contributed by atoms with Gasteiger partial charge in [-0.2, -0.15) is 5.10 Å².